The lowest BCUT2D eigenvalue weighted by molar-refractivity contribution is 0.235. The van der Waals surface area contributed by atoms with Crippen LogP contribution in [0.1, 0.15) is 23.1 Å². The van der Waals surface area contributed by atoms with Crippen molar-refractivity contribution in [3.63, 3.8) is 0 Å². The first-order valence-electron chi connectivity index (χ1n) is 7.81. The third-order valence-corrected chi connectivity index (χ3v) is 4.13. The van der Waals surface area contributed by atoms with E-state index in [0.29, 0.717) is 6.54 Å². The number of pyridine rings is 1. The van der Waals surface area contributed by atoms with Gasteiger partial charge in [-0.1, -0.05) is 24.3 Å². The molecule has 4 nitrogen and oxygen atoms in total. The van der Waals surface area contributed by atoms with Crippen LogP contribution in [-0.4, -0.2) is 23.6 Å². The molecule has 2 N–H and O–H groups in total. The van der Waals surface area contributed by atoms with Gasteiger partial charge in [-0.05, 0) is 54.5 Å². The SMILES string of the molecule is O=C(NCCc1ccncc1)NC1CCc2ccccc2C1. The quantitative estimate of drug-likeness (QED) is 0.910. The van der Waals surface area contributed by atoms with Crippen LogP contribution < -0.4 is 10.6 Å². The van der Waals surface area contributed by atoms with E-state index >= 15 is 0 Å². The molecule has 114 valence electrons. The Labute approximate surface area is 131 Å². The van der Waals surface area contributed by atoms with Gasteiger partial charge in [0.05, 0.1) is 0 Å². The number of aryl methyl sites for hydroxylation is 1. The summed E-state index contributed by atoms with van der Waals surface area (Å²) in [6.07, 6.45) is 7.34. The summed E-state index contributed by atoms with van der Waals surface area (Å²) in [5, 5.41) is 6.02. The molecule has 1 heterocycles. The van der Waals surface area contributed by atoms with Crippen LogP contribution in [0.5, 0.6) is 0 Å². The Morgan fingerprint density at radius 1 is 1.14 bits per heavy atom. The number of carbonyl (C=O) groups is 1. The van der Waals surface area contributed by atoms with E-state index in [1.165, 1.54) is 16.7 Å². The first kappa shape index (κ1) is 14.6. The molecule has 0 aliphatic heterocycles. The average Bonchev–Trinajstić information content (AvgIpc) is 2.56. The van der Waals surface area contributed by atoms with Crippen molar-refractivity contribution in [2.45, 2.75) is 31.7 Å². The Morgan fingerprint density at radius 3 is 2.73 bits per heavy atom. The second-order valence-electron chi connectivity index (χ2n) is 5.71. The van der Waals surface area contributed by atoms with Crippen LogP contribution in [0, 0.1) is 0 Å². The Bertz CT molecular complexity index is 627. The highest BCUT2D eigenvalue weighted by Gasteiger charge is 2.19. The van der Waals surface area contributed by atoms with E-state index in [1.54, 1.807) is 12.4 Å². The van der Waals surface area contributed by atoms with Gasteiger partial charge in [-0.25, -0.2) is 4.79 Å². The molecule has 0 saturated carbocycles. The molecule has 0 saturated heterocycles. The number of urea groups is 1. The maximum Gasteiger partial charge on any atom is 0.315 e. The molecule has 0 spiro atoms. The van der Waals surface area contributed by atoms with Crippen molar-refractivity contribution in [2.24, 2.45) is 0 Å². The van der Waals surface area contributed by atoms with E-state index in [9.17, 15) is 4.79 Å². The highest BCUT2D eigenvalue weighted by atomic mass is 16.2. The summed E-state index contributed by atoms with van der Waals surface area (Å²) < 4.78 is 0. The number of amides is 2. The number of aromatic nitrogens is 1. The summed E-state index contributed by atoms with van der Waals surface area (Å²) in [4.78, 5) is 16.0. The molecule has 4 heteroatoms. The number of benzene rings is 1. The number of nitrogens with one attached hydrogen (secondary N) is 2. The summed E-state index contributed by atoms with van der Waals surface area (Å²) in [6.45, 7) is 0.638. The number of fused-ring (bicyclic) bond motifs is 1. The maximum absolute atomic E-state index is 12.0. The molecule has 22 heavy (non-hydrogen) atoms. The van der Waals surface area contributed by atoms with Crippen LogP contribution >= 0.6 is 0 Å². The van der Waals surface area contributed by atoms with E-state index in [-0.39, 0.29) is 12.1 Å². The molecule has 2 aromatic rings. The van der Waals surface area contributed by atoms with Crippen molar-refractivity contribution in [2.75, 3.05) is 6.54 Å². The number of nitrogens with zero attached hydrogens (tertiary/aromatic N) is 1. The fraction of sp³-hybridized carbons (Fsp3) is 0.333. The van der Waals surface area contributed by atoms with E-state index in [0.717, 1.165) is 25.7 Å². The van der Waals surface area contributed by atoms with Gasteiger partial charge in [0, 0.05) is 25.0 Å². The Kier molecular flexibility index (Phi) is 4.68. The van der Waals surface area contributed by atoms with Gasteiger partial charge in [0.2, 0.25) is 0 Å². The van der Waals surface area contributed by atoms with Gasteiger partial charge < -0.3 is 10.6 Å². The van der Waals surface area contributed by atoms with E-state index in [2.05, 4.69) is 39.9 Å². The van der Waals surface area contributed by atoms with Gasteiger partial charge >= 0.3 is 6.03 Å². The van der Waals surface area contributed by atoms with Gasteiger partial charge in [0.15, 0.2) is 0 Å². The molecule has 1 aliphatic rings. The first-order chi connectivity index (χ1) is 10.8. The van der Waals surface area contributed by atoms with Gasteiger partial charge in [-0.3, -0.25) is 4.98 Å². The Balaban J connectivity index is 1.43. The number of hydrogen-bond acceptors (Lipinski definition) is 2. The van der Waals surface area contributed by atoms with E-state index in [1.807, 2.05) is 12.1 Å². The molecule has 0 fully saturated rings. The Hall–Kier alpha value is -2.36. The molecule has 1 aliphatic carbocycles. The van der Waals surface area contributed by atoms with Crippen LogP contribution in [0.15, 0.2) is 48.8 Å². The Morgan fingerprint density at radius 2 is 1.91 bits per heavy atom. The summed E-state index contributed by atoms with van der Waals surface area (Å²) in [7, 11) is 0. The number of carbonyl (C=O) groups excluding carboxylic acids is 1. The fourth-order valence-electron chi connectivity index (χ4n) is 2.93. The monoisotopic (exact) mass is 295 g/mol. The van der Waals surface area contributed by atoms with Crippen molar-refractivity contribution in [3.05, 3.63) is 65.5 Å². The molecule has 0 radical (unpaired) electrons. The lowest BCUT2D eigenvalue weighted by Crippen LogP contribution is -2.45. The summed E-state index contributed by atoms with van der Waals surface area (Å²) in [5.41, 5.74) is 3.95. The predicted octanol–water partition coefficient (Wildman–Crippen LogP) is 2.48. The molecule has 1 aromatic heterocycles. The smallest absolute Gasteiger partial charge is 0.315 e. The lowest BCUT2D eigenvalue weighted by atomic mass is 9.88. The van der Waals surface area contributed by atoms with E-state index in [4.69, 9.17) is 0 Å². The summed E-state index contributed by atoms with van der Waals surface area (Å²) >= 11 is 0. The minimum Gasteiger partial charge on any atom is -0.338 e. The zero-order chi connectivity index (χ0) is 15.2. The van der Waals surface area contributed by atoms with Crippen LogP contribution in [0.3, 0.4) is 0 Å². The third kappa shape index (κ3) is 3.85. The third-order valence-electron chi connectivity index (χ3n) is 4.13. The van der Waals surface area contributed by atoms with Crippen molar-refractivity contribution < 1.29 is 4.79 Å². The standard InChI is InChI=1S/C18H21N3O/c22-18(20-12-9-14-7-10-19-11-8-14)21-17-6-5-15-3-1-2-4-16(15)13-17/h1-4,7-8,10-11,17H,5-6,9,12-13H2,(H2,20,21,22). The highest BCUT2D eigenvalue weighted by Crippen LogP contribution is 2.20. The molecular formula is C18H21N3O. The summed E-state index contributed by atoms with van der Waals surface area (Å²) in [6, 6.07) is 12.6. The molecule has 3 rings (SSSR count). The largest absolute Gasteiger partial charge is 0.338 e. The van der Waals surface area contributed by atoms with Gasteiger partial charge in [0.25, 0.3) is 0 Å². The zero-order valence-electron chi connectivity index (χ0n) is 12.6. The number of hydrogen-bond donors (Lipinski definition) is 2. The molecule has 2 amide bonds. The zero-order valence-corrected chi connectivity index (χ0v) is 12.6. The predicted molar refractivity (Wildman–Crippen MR) is 86.7 cm³/mol. The topological polar surface area (TPSA) is 54.0 Å². The van der Waals surface area contributed by atoms with Crippen molar-refractivity contribution in [1.82, 2.24) is 15.6 Å². The highest BCUT2D eigenvalue weighted by molar-refractivity contribution is 5.74. The van der Waals surface area contributed by atoms with E-state index < -0.39 is 0 Å². The van der Waals surface area contributed by atoms with Gasteiger partial charge in [-0.15, -0.1) is 0 Å². The minimum absolute atomic E-state index is 0.0709. The normalized spacial score (nSPS) is 16.6. The number of rotatable bonds is 4. The molecule has 1 aromatic carbocycles. The van der Waals surface area contributed by atoms with Crippen LogP contribution in [-0.2, 0) is 19.3 Å². The van der Waals surface area contributed by atoms with Crippen LogP contribution in [0.4, 0.5) is 4.79 Å². The molecule has 1 atom stereocenters. The van der Waals surface area contributed by atoms with Crippen LogP contribution in [0.25, 0.3) is 0 Å². The lowest BCUT2D eigenvalue weighted by Gasteiger charge is -2.25. The van der Waals surface area contributed by atoms with Gasteiger partial charge in [-0.2, -0.15) is 0 Å². The average molecular weight is 295 g/mol. The van der Waals surface area contributed by atoms with Gasteiger partial charge in [0.1, 0.15) is 0 Å². The van der Waals surface area contributed by atoms with Crippen molar-refractivity contribution >= 4 is 6.03 Å². The van der Waals surface area contributed by atoms with Crippen LogP contribution in [0.2, 0.25) is 0 Å². The first-order valence-corrected chi connectivity index (χ1v) is 7.81. The molecule has 1 unspecified atom stereocenters. The summed E-state index contributed by atoms with van der Waals surface area (Å²) in [5.74, 6) is 0. The maximum atomic E-state index is 12.0. The van der Waals surface area contributed by atoms with Crippen molar-refractivity contribution in [3.8, 4) is 0 Å². The fourth-order valence-corrected chi connectivity index (χ4v) is 2.93. The minimum atomic E-state index is -0.0709. The van der Waals surface area contributed by atoms with Crippen molar-refractivity contribution in [1.29, 1.82) is 0 Å². The molecular weight excluding hydrogens is 274 g/mol. The second-order valence-corrected chi connectivity index (χ2v) is 5.71. The molecule has 0 bridgehead atoms. The second kappa shape index (κ2) is 7.07.